The standard InChI is InChI=1S/C29H39F3N4OS.CH4/c1-28(2,3)22-4-6-24(7-5-22)36-20-18-34(19-21-36)15-14-27(37)33-23-12-16-35(17-13-23)25-8-10-26(11-9-25)38-29(30,31)32;/h4-11,23H,12-21H2,1-3H3,(H,33,37);1H4. The summed E-state index contributed by atoms with van der Waals surface area (Å²) in [4.78, 5) is 19.7. The molecule has 2 aromatic rings. The second kappa shape index (κ2) is 13.3. The predicted octanol–water partition coefficient (Wildman–Crippen LogP) is 6.53. The lowest BCUT2D eigenvalue weighted by Crippen LogP contribution is -2.48. The van der Waals surface area contributed by atoms with E-state index in [2.05, 4.69) is 65.1 Å². The van der Waals surface area contributed by atoms with Crippen LogP contribution in [-0.4, -0.2) is 68.2 Å². The van der Waals surface area contributed by atoms with Crippen molar-refractivity contribution in [3.05, 3.63) is 54.1 Å². The van der Waals surface area contributed by atoms with Crippen molar-refractivity contribution < 1.29 is 18.0 Å². The van der Waals surface area contributed by atoms with Gasteiger partial charge in [0.2, 0.25) is 5.91 Å². The lowest BCUT2D eigenvalue weighted by molar-refractivity contribution is -0.122. The van der Waals surface area contributed by atoms with E-state index in [9.17, 15) is 18.0 Å². The fourth-order valence-electron chi connectivity index (χ4n) is 5.10. The molecule has 2 saturated heterocycles. The van der Waals surface area contributed by atoms with E-state index in [-0.39, 0.29) is 41.4 Å². The van der Waals surface area contributed by atoms with Crippen LogP contribution in [0.2, 0.25) is 0 Å². The van der Waals surface area contributed by atoms with Crippen LogP contribution in [0.15, 0.2) is 53.4 Å². The fourth-order valence-corrected chi connectivity index (χ4v) is 5.64. The van der Waals surface area contributed by atoms with Gasteiger partial charge in [0.15, 0.2) is 0 Å². The van der Waals surface area contributed by atoms with Gasteiger partial charge in [-0.15, -0.1) is 0 Å². The Morgan fingerprint density at radius 3 is 1.87 bits per heavy atom. The van der Waals surface area contributed by atoms with Crippen molar-refractivity contribution in [1.82, 2.24) is 10.2 Å². The number of benzene rings is 2. The fraction of sp³-hybridized carbons (Fsp3) is 0.567. The van der Waals surface area contributed by atoms with Gasteiger partial charge in [-0.05, 0) is 72.0 Å². The summed E-state index contributed by atoms with van der Waals surface area (Å²) in [6, 6.07) is 15.6. The number of carbonyl (C=O) groups excluding carboxylic acids is 1. The molecule has 0 spiro atoms. The van der Waals surface area contributed by atoms with Crippen LogP contribution >= 0.6 is 11.8 Å². The molecule has 2 fully saturated rings. The lowest BCUT2D eigenvalue weighted by atomic mass is 9.87. The normalized spacial score (nSPS) is 17.6. The maximum atomic E-state index is 12.6. The van der Waals surface area contributed by atoms with Crippen molar-refractivity contribution in [2.75, 3.05) is 55.6 Å². The van der Waals surface area contributed by atoms with Crippen LogP contribution in [-0.2, 0) is 10.2 Å². The number of hydrogen-bond donors (Lipinski definition) is 1. The summed E-state index contributed by atoms with van der Waals surface area (Å²) in [5.74, 6) is 0.0946. The van der Waals surface area contributed by atoms with E-state index in [0.29, 0.717) is 6.42 Å². The van der Waals surface area contributed by atoms with Crippen molar-refractivity contribution in [2.45, 2.75) is 69.3 Å². The molecular weight excluding hydrogens is 521 g/mol. The molecule has 1 amide bonds. The van der Waals surface area contributed by atoms with Gasteiger partial charge in [0.1, 0.15) is 0 Å². The summed E-state index contributed by atoms with van der Waals surface area (Å²) >= 11 is -0.0937. The summed E-state index contributed by atoms with van der Waals surface area (Å²) in [5.41, 5.74) is -0.591. The number of thioether (sulfide) groups is 1. The van der Waals surface area contributed by atoms with Crippen LogP contribution in [0.4, 0.5) is 24.5 Å². The van der Waals surface area contributed by atoms with E-state index in [0.717, 1.165) is 64.3 Å². The van der Waals surface area contributed by atoms with Gasteiger partial charge in [0, 0.05) is 74.5 Å². The van der Waals surface area contributed by atoms with Crippen molar-refractivity contribution in [3.63, 3.8) is 0 Å². The van der Waals surface area contributed by atoms with E-state index in [1.165, 1.54) is 23.4 Å². The molecule has 0 aliphatic carbocycles. The maximum absolute atomic E-state index is 12.6. The molecule has 2 aliphatic rings. The van der Waals surface area contributed by atoms with Gasteiger partial charge in [-0.2, -0.15) is 13.2 Å². The number of nitrogens with zero attached hydrogens (tertiary/aromatic N) is 3. The number of piperidine rings is 1. The quantitative estimate of drug-likeness (QED) is 0.387. The van der Waals surface area contributed by atoms with E-state index < -0.39 is 5.51 Å². The second-order valence-corrected chi connectivity index (χ2v) is 12.4. The highest BCUT2D eigenvalue weighted by atomic mass is 32.2. The maximum Gasteiger partial charge on any atom is 0.446 e. The molecule has 5 nitrogen and oxygen atoms in total. The Morgan fingerprint density at radius 2 is 1.36 bits per heavy atom. The number of amides is 1. The van der Waals surface area contributed by atoms with Crippen LogP contribution in [0.3, 0.4) is 0 Å². The third kappa shape index (κ3) is 9.34. The smallest absolute Gasteiger partial charge is 0.371 e. The van der Waals surface area contributed by atoms with Gasteiger partial charge >= 0.3 is 5.51 Å². The molecule has 2 aliphatic heterocycles. The van der Waals surface area contributed by atoms with E-state index in [4.69, 9.17) is 0 Å². The SMILES string of the molecule is C.CC(C)(C)c1ccc(N2CCN(CCC(=O)NC3CCN(c4ccc(SC(F)(F)F)cc4)CC3)CC2)cc1. The Morgan fingerprint density at radius 1 is 0.846 bits per heavy atom. The zero-order valence-electron chi connectivity index (χ0n) is 22.6. The topological polar surface area (TPSA) is 38.8 Å². The first kappa shape index (κ1) is 31.1. The summed E-state index contributed by atoms with van der Waals surface area (Å²) in [5, 5.41) is 3.19. The first-order valence-corrected chi connectivity index (χ1v) is 14.3. The van der Waals surface area contributed by atoms with Gasteiger partial charge in [-0.25, -0.2) is 0 Å². The summed E-state index contributed by atoms with van der Waals surface area (Å²) in [6.45, 7) is 12.8. The number of halogens is 3. The largest absolute Gasteiger partial charge is 0.446 e. The van der Waals surface area contributed by atoms with E-state index in [1.807, 2.05) is 0 Å². The van der Waals surface area contributed by atoms with Crippen molar-refractivity contribution in [2.24, 2.45) is 0 Å². The Kier molecular flexibility index (Phi) is 10.6. The molecule has 39 heavy (non-hydrogen) atoms. The highest BCUT2D eigenvalue weighted by Gasteiger charge is 2.29. The Labute approximate surface area is 236 Å². The van der Waals surface area contributed by atoms with Crippen LogP contribution in [0.5, 0.6) is 0 Å². The number of carbonyl (C=O) groups is 1. The minimum absolute atomic E-state index is 0. The minimum atomic E-state index is -4.27. The number of piperazine rings is 1. The van der Waals surface area contributed by atoms with Gasteiger partial charge in [-0.3, -0.25) is 9.69 Å². The first-order chi connectivity index (χ1) is 18.0. The third-order valence-electron chi connectivity index (χ3n) is 7.42. The zero-order chi connectivity index (χ0) is 27.3. The molecule has 0 atom stereocenters. The van der Waals surface area contributed by atoms with Crippen molar-refractivity contribution in [1.29, 1.82) is 0 Å². The first-order valence-electron chi connectivity index (χ1n) is 13.4. The molecule has 0 unspecified atom stereocenters. The van der Waals surface area contributed by atoms with Gasteiger partial charge < -0.3 is 15.1 Å². The van der Waals surface area contributed by atoms with Gasteiger partial charge in [0.25, 0.3) is 0 Å². The van der Waals surface area contributed by atoms with Gasteiger partial charge in [0.05, 0.1) is 0 Å². The average molecular weight is 565 g/mol. The number of rotatable bonds is 7. The third-order valence-corrected chi connectivity index (χ3v) is 8.16. The Bertz CT molecular complexity index is 1040. The minimum Gasteiger partial charge on any atom is -0.371 e. The summed E-state index contributed by atoms with van der Waals surface area (Å²) < 4.78 is 37.6. The molecule has 216 valence electrons. The number of alkyl halides is 3. The number of nitrogens with one attached hydrogen (secondary N) is 1. The number of hydrogen-bond acceptors (Lipinski definition) is 5. The van der Waals surface area contributed by atoms with Crippen LogP contribution in [0, 0.1) is 0 Å². The molecule has 2 heterocycles. The van der Waals surface area contributed by atoms with E-state index >= 15 is 0 Å². The Balaban J connectivity index is 0.00000420. The Hall–Kier alpha value is -2.39. The van der Waals surface area contributed by atoms with E-state index in [1.54, 1.807) is 12.1 Å². The molecule has 0 radical (unpaired) electrons. The molecule has 2 aromatic carbocycles. The second-order valence-electron chi connectivity index (χ2n) is 11.2. The summed E-state index contributed by atoms with van der Waals surface area (Å²) in [6.07, 6.45) is 2.16. The van der Waals surface area contributed by atoms with Crippen molar-refractivity contribution >= 4 is 29.0 Å². The molecular formula is C30H43F3N4OS. The van der Waals surface area contributed by atoms with Crippen LogP contribution in [0.25, 0.3) is 0 Å². The average Bonchev–Trinajstić information content (AvgIpc) is 2.87. The molecule has 0 aromatic heterocycles. The molecule has 1 N–H and O–H groups in total. The summed E-state index contributed by atoms with van der Waals surface area (Å²) in [7, 11) is 0. The molecule has 0 saturated carbocycles. The number of anilines is 2. The zero-order valence-corrected chi connectivity index (χ0v) is 23.4. The van der Waals surface area contributed by atoms with Gasteiger partial charge in [-0.1, -0.05) is 40.3 Å². The molecule has 9 heteroatoms. The van der Waals surface area contributed by atoms with Crippen LogP contribution in [0.1, 0.15) is 53.0 Å². The lowest BCUT2D eigenvalue weighted by Gasteiger charge is -2.36. The monoisotopic (exact) mass is 564 g/mol. The molecule has 0 bridgehead atoms. The molecule has 4 rings (SSSR count). The van der Waals surface area contributed by atoms with Crippen molar-refractivity contribution in [3.8, 4) is 0 Å². The highest BCUT2D eigenvalue weighted by molar-refractivity contribution is 8.00. The van der Waals surface area contributed by atoms with Crippen LogP contribution < -0.4 is 15.1 Å². The predicted molar refractivity (Wildman–Crippen MR) is 157 cm³/mol. The highest BCUT2D eigenvalue weighted by Crippen LogP contribution is 2.37.